The summed E-state index contributed by atoms with van der Waals surface area (Å²) in [6, 6.07) is 10.4. The van der Waals surface area contributed by atoms with E-state index in [0.29, 0.717) is 22.0 Å². The number of carbonyl (C=O) groups excluding carboxylic acids is 2. The van der Waals surface area contributed by atoms with Gasteiger partial charge < -0.3 is 10.4 Å². The molecule has 1 saturated heterocycles. The Labute approximate surface area is 149 Å². The first-order valence-corrected chi connectivity index (χ1v) is 7.98. The third-order valence-corrected chi connectivity index (χ3v) is 4.51. The molecule has 2 N–H and O–H groups in total. The molecule has 3 rings (SSSR count). The van der Waals surface area contributed by atoms with Crippen molar-refractivity contribution >= 4 is 40.8 Å². The molecule has 1 heterocycles. The van der Waals surface area contributed by atoms with Gasteiger partial charge in [-0.1, -0.05) is 17.7 Å². The number of carboxylic acid groups (broad SMARTS) is 1. The van der Waals surface area contributed by atoms with Gasteiger partial charge in [-0.25, -0.2) is 9.69 Å². The molecule has 0 bridgehead atoms. The van der Waals surface area contributed by atoms with Gasteiger partial charge in [-0.05, 0) is 48.9 Å². The lowest BCUT2D eigenvalue weighted by atomic mass is 10.1. The summed E-state index contributed by atoms with van der Waals surface area (Å²) >= 11 is 6.08. The second kappa shape index (κ2) is 6.57. The van der Waals surface area contributed by atoms with Crippen LogP contribution in [0.15, 0.2) is 42.5 Å². The predicted molar refractivity (Wildman–Crippen MR) is 94.1 cm³/mol. The number of anilines is 2. The number of hydrogen-bond acceptors (Lipinski definition) is 4. The molecule has 7 heteroatoms. The zero-order valence-electron chi connectivity index (χ0n) is 13.3. The molecule has 0 aliphatic carbocycles. The largest absolute Gasteiger partial charge is 0.478 e. The van der Waals surface area contributed by atoms with Crippen LogP contribution in [0.2, 0.25) is 5.02 Å². The Kier molecular flexibility index (Phi) is 4.46. The van der Waals surface area contributed by atoms with Crippen molar-refractivity contribution in [3.8, 4) is 0 Å². The third kappa shape index (κ3) is 3.21. The number of nitrogens with one attached hydrogen (secondary N) is 1. The number of amides is 2. The zero-order valence-corrected chi connectivity index (χ0v) is 14.1. The molecule has 0 aromatic heterocycles. The van der Waals surface area contributed by atoms with Crippen LogP contribution in [-0.2, 0) is 9.59 Å². The number of imide groups is 1. The Morgan fingerprint density at radius 3 is 2.52 bits per heavy atom. The molecule has 1 fully saturated rings. The topological polar surface area (TPSA) is 86.7 Å². The quantitative estimate of drug-likeness (QED) is 0.820. The van der Waals surface area contributed by atoms with E-state index in [9.17, 15) is 14.4 Å². The van der Waals surface area contributed by atoms with E-state index in [-0.39, 0.29) is 23.8 Å². The van der Waals surface area contributed by atoms with Gasteiger partial charge >= 0.3 is 5.97 Å². The molecule has 2 aromatic carbocycles. The van der Waals surface area contributed by atoms with E-state index in [4.69, 9.17) is 16.7 Å². The zero-order chi connectivity index (χ0) is 18.1. The van der Waals surface area contributed by atoms with Crippen LogP contribution >= 0.6 is 11.6 Å². The number of carbonyl (C=O) groups is 3. The molecule has 0 radical (unpaired) electrons. The summed E-state index contributed by atoms with van der Waals surface area (Å²) in [5.41, 5.74) is 1.86. The lowest BCUT2D eigenvalue weighted by Crippen LogP contribution is -2.35. The van der Waals surface area contributed by atoms with Gasteiger partial charge in [-0.2, -0.15) is 0 Å². The van der Waals surface area contributed by atoms with E-state index >= 15 is 0 Å². The van der Waals surface area contributed by atoms with Crippen LogP contribution in [0.3, 0.4) is 0 Å². The van der Waals surface area contributed by atoms with Crippen LogP contribution in [0.25, 0.3) is 0 Å². The van der Waals surface area contributed by atoms with Crippen molar-refractivity contribution in [1.29, 1.82) is 0 Å². The summed E-state index contributed by atoms with van der Waals surface area (Å²) < 4.78 is 0. The summed E-state index contributed by atoms with van der Waals surface area (Å²) in [6.07, 6.45) is 0.0193. The average molecular weight is 359 g/mol. The Hall–Kier alpha value is -2.86. The van der Waals surface area contributed by atoms with Gasteiger partial charge in [0.05, 0.1) is 17.7 Å². The van der Waals surface area contributed by atoms with Crippen LogP contribution in [0.1, 0.15) is 22.3 Å². The summed E-state index contributed by atoms with van der Waals surface area (Å²) in [7, 11) is 0. The van der Waals surface area contributed by atoms with Crippen molar-refractivity contribution in [1.82, 2.24) is 0 Å². The Balaban J connectivity index is 1.81. The molecule has 2 aromatic rings. The molecule has 1 atom stereocenters. The van der Waals surface area contributed by atoms with Gasteiger partial charge in [-0.15, -0.1) is 0 Å². The molecule has 1 aliphatic rings. The maximum Gasteiger partial charge on any atom is 0.335 e. The van der Waals surface area contributed by atoms with Crippen molar-refractivity contribution in [3.63, 3.8) is 0 Å². The lowest BCUT2D eigenvalue weighted by Gasteiger charge is -2.18. The van der Waals surface area contributed by atoms with Gasteiger partial charge in [0, 0.05) is 10.7 Å². The SMILES string of the molecule is Cc1c(Cl)cccc1N1C(=O)C[C@H](Nc2ccc(C(=O)O)cc2)C1=O. The number of benzene rings is 2. The highest BCUT2D eigenvalue weighted by Gasteiger charge is 2.40. The van der Waals surface area contributed by atoms with Gasteiger partial charge in [-0.3, -0.25) is 9.59 Å². The predicted octanol–water partition coefficient (Wildman–Crippen LogP) is 3.09. The summed E-state index contributed by atoms with van der Waals surface area (Å²) in [5, 5.41) is 12.4. The summed E-state index contributed by atoms with van der Waals surface area (Å²) in [6.45, 7) is 1.75. The molecule has 2 amide bonds. The minimum atomic E-state index is -1.03. The standard InChI is InChI=1S/C18H15ClN2O4/c1-10-13(19)3-2-4-15(10)21-16(22)9-14(17(21)23)20-12-7-5-11(6-8-12)18(24)25/h2-8,14,20H,9H2,1H3,(H,24,25)/t14-/m0/s1. The fourth-order valence-corrected chi connectivity index (χ4v) is 2.92. The molecule has 0 saturated carbocycles. The van der Waals surface area contributed by atoms with Crippen LogP contribution in [0.4, 0.5) is 11.4 Å². The minimum Gasteiger partial charge on any atom is -0.478 e. The molecule has 128 valence electrons. The van der Waals surface area contributed by atoms with Crippen molar-refractivity contribution in [2.24, 2.45) is 0 Å². The van der Waals surface area contributed by atoms with Crippen LogP contribution in [0.5, 0.6) is 0 Å². The van der Waals surface area contributed by atoms with Crippen molar-refractivity contribution in [3.05, 3.63) is 58.6 Å². The summed E-state index contributed by atoms with van der Waals surface area (Å²) in [5.74, 6) is -1.70. The van der Waals surface area contributed by atoms with Gasteiger partial charge in [0.1, 0.15) is 6.04 Å². The van der Waals surface area contributed by atoms with E-state index in [2.05, 4.69) is 5.32 Å². The monoisotopic (exact) mass is 358 g/mol. The average Bonchev–Trinajstić information content (AvgIpc) is 2.85. The Morgan fingerprint density at radius 2 is 1.88 bits per heavy atom. The maximum absolute atomic E-state index is 12.7. The van der Waals surface area contributed by atoms with Gasteiger partial charge in [0.15, 0.2) is 0 Å². The van der Waals surface area contributed by atoms with E-state index in [0.717, 1.165) is 4.90 Å². The smallest absolute Gasteiger partial charge is 0.335 e. The number of halogens is 1. The second-order valence-electron chi connectivity index (χ2n) is 5.73. The van der Waals surface area contributed by atoms with E-state index in [1.807, 2.05) is 0 Å². The van der Waals surface area contributed by atoms with Crippen LogP contribution in [0, 0.1) is 6.92 Å². The highest BCUT2D eigenvalue weighted by Crippen LogP contribution is 2.31. The fraction of sp³-hybridized carbons (Fsp3) is 0.167. The lowest BCUT2D eigenvalue weighted by molar-refractivity contribution is -0.121. The third-order valence-electron chi connectivity index (χ3n) is 4.10. The minimum absolute atomic E-state index is 0.0193. The Bertz CT molecular complexity index is 864. The second-order valence-corrected chi connectivity index (χ2v) is 6.14. The van der Waals surface area contributed by atoms with Crippen molar-refractivity contribution in [2.45, 2.75) is 19.4 Å². The van der Waals surface area contributed by atoms with Crippen molar-refractivity contribution in [2.75, 3.05) is 10.2 Å². The maximum atomic E-state index is 12.7. The molecular formula is C18H15ClN2O4. The first-order valence-electron chi connectivity index (χ1n) is 7.60. The highest BCUT2D eigenvalue weighted by molar-refractivity contribution is 6.32. The molecule has 1 aliphatic heterocycles. The number of nitrogens with zero attached hydrogens (tertiary/aromatic N) is 1. The normalized spacial score (nSPS) is 17.0. The molecular weight excluding hydrogens is 344 g/mol. The molecule has 6 nitrogen and oxygen atoms in total. The van der Waals surface area contributed by atoms with E-state index in [1.54, 1.807) is 37.3 Å². The molecule has 0 spiro atoms. The molecule has 25 heavy (non-hydrogen) atoms. The van der Waals surface area contributed by atoms with E-state index < -0.39 is 12.0 Å². The van der Waals surface area contributed by atoms with Gasteiger partial charge in [0.2, 0.25) is 5.91 Å². The molecule has 0 unspecified atom stereocenters. The van der Waals surface area contributed by atoms with Crippen LogP contribution in [-0.4, -0.2) is 28.9 Å². The first-order chi connectivity index (χ1) is 11.9. The number of carboxylic acids is 1. The number of hydrogen-bond donors (Lipinski definition) is 2. The van der Waals surface area contributed by atoms with E-state index in [1.165, 1.54) is 12.1 Å². The number of aromatic carboxylic acids is 1. The number of rotatable bonds is 4. The highest BCUT2D eigenvalue weighted by atomic mass is 35.5. The van der Waals surface area contributed by atoms with Gasteiger partial charge in [0.25, 0.3) is 5.91 Å². The fourth-order valence-electron chi connectivity index (χ4n) is 2.75. The Morgan fingerprint density at radius 1 is 1.20 bits per heavy atom. The first kappa shape index (κ1) is 17.0. The summed E-state index contributed by atoms with van der Waals surface area (Å²) in [4.78, 5) is 37.0. The van der Waals surface area contributed by atoms with Crippen molar-refractivity contribution < 1.29 is 19.5 Å². The van der Waals surface area contributed by atoms with Crippen LogP contribution < -0.4 is 10.2 Å².